The van der Waals surface area contributed by atoms with Crippen molar-refractivity contribution in [3.05, 3.63) is 34.9 Å². The van der Waals surface area contributed by atoms with Crippen LogP contribution in [0.1, 0.15) is 30.5 Å². The summed E-state index contributed by atoms with van der Waals surface area (Å²) in [5.74, 6) is 0. The van der Waals surface area contributed by atoms with Crippen molar-refractivity contribution < 1.29 is 13.2 Å². The Morgan fingerprint density at radius 1 is 1.20 bits per heavy atom. The molecule has 1 rings (SSSR count). The maximum Gasteiger partial charge on any atom is 0.417 e. The zero-order chi connectivity index (χ0) is 12.1. The third kappa shape index (κ3) is 3.28. The summed E-state index contributed by atoms with van der Waals surface area (Å²) in [5, 5.41) is 8.51. The lowest BCUT2D eigenvalue weighted by Gasteiger charge is -2.09. The normalized spacial score (nSPS) is 9.93. The molecule has 0 N–H and O–H groups in total. The van der Waals surface area contributed by atoms with Gasteiger partial charge in [-0.1, -0.05) is 26.0 Å². The Kier molecular flexibility index (Phi) is 4.86. The van der Waals surface area contributed by atoms with Crippen LogP contribution in [0.5, 0.6) is 0 Å². The minimum absolute atomic E-state index is 0.296. The molecule has 0 radical (unpaired) electrons. The Morgan fingerprint density at radius 2 is 1.73 bits per heavy atom. The number of hydrogen-bond acceptors (Lipinski definition) is 1. The Bertz CT molecular complexity index is 361. The van der Waals surface area contributed by atoms with Crippen LogP contribution in [0, 0.1) is 18.3 Å². The van der Waals surface area contributed by atoms with Crippen LogP contribution >= 0.6 is 0 Å². The average molecular weight is 215 g/mol. The van der Waals surface area contributed by atoms with Gasteiger partial charge in [0.05, 0.1) is 11.1 Å². The van der Waals surface area contributed by atoms with Crippen molar-refractivity contribution in [1.29, 1.82) is 5.26 Å². The Morgan fingerprint density at radius 3 is 2.07 bits per heavy atom. The molecule has 0 aliphatic heterocycles. The molecule has 0 bridgehead atoms. The quantitative estimate of drug-likeness (QED) is 0.643. The fourth-order valence-electron chi connectivity index (χ4n) is 1.05. The van der Waals surface area contributed by atoms with Crippen LogP contribution in [0.4, 0.5) is 13.2 Å². The number of halogens is 3. The molecule has 0 aromatic heterocycles. The number of nitrogens with zero attached hydrogens (tertiary/aromatic N) is 1. The molecule has 0 aliphatic rings. The van der Waals surface area contributed by atoms with Crippen LogP contribution in [-0.2, 0) is 6.18 Å². The summed E-state index contributed by atoms with van der Waals surface area (Å²) in [7, 11) is 0. The lowest BCUT2D eigenvalue weighted by molar-refractivity contribution is -0.137. The zero-order valence-electron chi connectivity index (χ0n) is 8.81. The third-order valence-corrected chi connectivity index (χ3v) is 1.69. The van der Waals surface area contributed by atoms with Gasteiger partial charge < -0.3 is 0 Å². The maximum atomic E-state index is 12.3. The van der Waals surface area contributed by atoms with Crippen LogP contribution < -0.4 is 0 Å². The molecule has 0 aliphatic carbocycles. The number of nitriles is 1. The second-order valence-electron chi connectivity index (χ2n) is 2.61. The van der Waals surface area contributed by atoms with Gasteiger partial charge in [0.2, 0.25) is 0 Å². The Hall–Kier alpha value is -1.50. The van der Waals surface area contributed by atoms with E-state index in [0.717, 1.165) is 6.07 Å². The molecule has 15 heavy (non-hydrogen) atoms. The lowest BCUT2D eigenvalue weighted by Crippen LogP contribution is -2.08. The first kappa shape index (κ1) is 13.5. The molecule has 82 valence electrons. The minimum Gasteiger partial charge on any atom is -0.192 e. The molecular weight excluding hydrogens is 203 g/mol. The molecule has 0 amide bonds. The highest BCUT2D eigenvalue weighted by Crippen LogP contribution is 2.32. The zero-order valence-corrected chi connectivity index (χ0v) is 8.81. The number of alkyl halides is 3. The van der Waals surface area contributed by atoms with Crippen molar-refractivity contribution >= 4 is 0 Å². The van der Waals surface area contributed by atoms with E-state index in [4.69, 9.17) is 5.26 Å². The first-order valence-corrected chi connectivity index (χ1v) is 4.53. The van der Waals surface area contributed by atoms with E-state index in [-0.39, 0.29) is 5.56 Å². The summed E-state index contributed by atoms with van der Waals surface area (Å²) in [6.07, 6.45) is -4.45. The monoisotopic (exact) mass is 215 g/mol. The van der Waals surface area contributed by atoms with E-state index in [9.17, 15) is 13.2 Å². The fourth-order valence-corrected chi connectivity index (χ4v) is 1.05. The van der Waals surface area contributed by atoms with E-state index < -0.39 is 11.7 Å². The van der Waals surface area contributed by atoms with E-state index in [2.05, 4.69) is 0 Å². The van der Waals surface area contributed by atoms with Crippen LogP contribution in [0.2, 0.25) is 0 Å². The van der Waals surface area contributed by atoms with Gasteiger partial charge in [0.1, 0.15) is 6.07 Å². The molecule has 1 aromatic rings. The molecule has 0 fully saturated rings. The SMILES string of the molecule is CC.Cc1cccc(C(F)(F)F)c1C#N. The van der Waals surface area contributed by atoms with E-state index in [1.807, 2.05) is 13.8 Å². The second-order valence-corrected chi connectivity index (χ2v) is 2.61. The van der Waals surface area contributed by atoms with Gasteiger partial charge in [0.25, 0.3) is 0 Å². The predicted molar refractivity (Wildman–Crippen MR) is 52.2 cm³/mol. The van der Waals surface area contributed by atoms with Gasteiger partial charge >= 0.3 is 6.18 Å². The van der Waals surface area contributed by atoms with E-state index >= 15 is 0 Å². The summed E-state index contributed by atoms with van der Waals surface area (Å²) in [4.78, 5) is 0. The minimum atomic E-state index is -4.45. The van der Waals surface area contributed by atoms with E-state index in [1.54, 1.807) is 6.07 Å². The highest BCUT2D eigenvalue weighted by Gasteiger charge is 2.33. The molecule has 1 nitrogen and oxygen atoms in total. The summed E-state index contributed by atoms with van der Waals surface area (Å²) < 4.78 is 36.8. The summed E-state index contributed by atoms with van der Waals surface area (Å²) in [5.41, 5.74) is -0.817. The van der Waals surface area contributed by atoms with E-state index in [0.29, 0.717) is 5.56 Å². The summed E-state index contributed by atoms with van der Waals surface area (Å²) in [6, 6.07) is 5.23. The number of benzene rings is 1. The highest BCUT2D eigenvalue weighted by atomic mass is 19.4. The van der Waals surface area contributed by atoms with Gasteiger partial charge in [0.15, 0.2) is 0 Å². The van der Waals surface area contributed by atoms with Crippen LogP contribution in [0.15, 0.2) is 18.2 Å². The predicted octanol–water partition coefficient (Wildman–Crippen LogP) is 3.91. The van der Waals surface area contributed by atoms with Gasteiger partial charge in [-0.2, -0.15) is 18.4 Å². The molecule has 1 aromatic carbocycles. The fraction of sp³-hybridized carbons (Fsp3) is 0.364. The van der Waals surface area contributed by atoms with Gasteiger partial charge in [-0.25, -0.2) is 0 Å². The maximum absolute atomic E-state index is 12.3. The topological polar surface area (TPSA) is 23.8 Å². The molecule has 0 spiro atoms. The Labute approximate surface area is 87.2 Å². The number of hydrogen-bond donors (Lipinski definition) is 0. The van der Waals surface area contributed by atoms with Crippen molar-refractivity contribution in [1.82, 2.24) is 0 Å². The molecule has 0 heterocycles. The van der Waals surface area contributed by atoms with Crippen molar-refractivity contribution in [2.24, 2.45) is 0 Å². The van der Waals surface area contributed by atoms with Gasteiger partial charge in [-0.15, -0.1) is 0 Å². The Balaban J connectivity index is 0.000000921. The first-order valence-electron chi connectivity index (χ1n) is 4.53. The number of aryl methyl sites for hydroxylation is 1. The summed E-state index contributed by atoms with van der Waals surface area (Å²) >= 11 is 0. The largest absolute Gasteiger partial charge is 0.417 e. The standard InChI is InChI=1S/C9H6F3N.C2H6/c1-6-3-2-4-8(7(6)5-13)9(10,11)12;1-2/h2-4H,1H3;1-2H3. The van der Waals surface area contributed by atoms with Crippen LogP contribution in [0.3, 0.4) is 0 Å². The molecule has 4 heteroatoms. The van der Waals surface area contributed by atoms with Crippen LogP contribution in [-0.4, -0.2) is 0 Å². The van der Waals surface area contributed by atoms with Crippen molar-refractivity contribution in [2.45, 2.75) is 26.9 Å². The molecule has 0 atom stereocenters. The van der Waals surface area contributed by atoms with Crippen molar-refractivity contribution in [2.75, 3.05) is 0 Å². The van der Waals surface area contributed by atoms with Gasteiger partial charge in [0, 0.05) is 0 Å². The van der Waals surface area contributed by atoms with Gasteiger partial charge in [-0.05, 0) is 18.6 Å². The molecular formula is C11H12F3N. The second kappa shape index (κ2) is 5.40. The van der Waals surface area contributed by atoms with Crippen molar-refractivity contribution in [3.8, 4) is 6.07 Å². The van der Waals surface area contributed by atoms with Crippen molar-refractivity contribution in [3.63, 3.8) is 0 Å². The van der Waals surface area contributed by atoms with Gasteiger partial charge in [-0.3, -0.25) is 0 Å². The van der Waals surface area contributed by atoms with E-state index in [1.165, 1.54) is 19.1 Å². The number of rotatable bonds is 0. The third-order valence-electron chi connectivity index (χ3n) is 1.69. The first-order chi connectivity index (χ1) is 6.96. The summed E-state index contributed by atoms with van der Waals surface area (Å²) in [6.45, 7) is 5.48. The molecule has 0 unspecified atom stereocenters. The smallest absolute Gasteiger partial charge is 0.192 e. The van der Waals surface area contributed by atoms with Crippen LogP contribution in [0.25, 0.3) is 0 Å². The molecule has 0 saturated carbocycles. The highest BCUT2D eigenvalue weighted by molar-refractivity contribution is 5.44. The lowest BCUT2D eigenvalue weighted by atomic mass is 10.0. The average Bonchev–Trinajstić information content (AvgIpc) is 2.19. The molecule has 0 saturated heterocycles.